The minimum atomic E-state index is 0.416. The SMILES string of the molecule is CC(C)CC(CN(C)C)Nc1cc(Br)nc(C2CC2)n1. The number of hydrogen-bond donors (Lipinski definition) is 1. The second kappa shape index (κ2) is 6.85. The van der Waals surface area contributed by atoms with Gasteiger partial charge in [0, 0.05) is 24.6 Å². The van der Waals surface area contributed by atoms with Crippen molar-refractivity contribution >= 4 is 21.7 Å². The zero-order valence-electron chi connectivity index (χ0n) is 12.9. The number of nitrogens with zero attached hydrogens (tertiary/aromatic N) is 3. The van der Waals surface area contributed by atoms with Gasteiger partial charge in [0.05, 0.1) is 0 Å². The van der Waals surface area contributed by atoms with Crippen LogP contribution in [0.15, 0.2) is 10.7 Å². The van der Waals surface area contributed by atoms with E-state index in [0.29, 0.717) is 17.9 Å². The lowest BCUT2D eigenvalue weighted by molar-refractivity contribution is 0.356. The fraction of sp³-hybridized carbons (Fsp3) is 0.733. The van der Waals surface area contributed by atoms with E-state index >= 15 is 0 Å². The van der Waals surface area contributed by atoms with Crippen LogP contribution >= 0.6 is 15.9 Å². The second-order valence-corrected chi connectivity index (χ2v) is 7.25. The summed E-state index contributed by atoms with van der Waals surface area (Å²) < 4.78 is 0.880. The van der Waals surface area contributed by atoms with E-state index < -0.39 is 0 Å². The van der Waals surface area contributed by atoms with Crippen molar-refractivity contribution in [1.82, 2.24) is 14.9 Å². The Morgan fingerprint density at radius 2 is 2.05 bits per heavy atom. The first-order valence-electron chi connectivity index (χ1n) is 7.39. The average Bonchev–Trinajstić information content (AvgIpc) is 3.09. The maximum absolute atomic E-state index is 4.68. The molecule has 0 spiro atoms. The van der Waals surface area contributed by atoms with Gasteiger partial charge >= 0.3 is 0 Å². The molecule has 1 saturated carbocycles. The van der Waals surface area contributed by atoms with Gasteiger partial charge in [-0.2, -0.15) is 0 Å². The first-order valence-corrected chi connectivity index (χ1v) is 8.19. The highest BCUT2D eigenvalue weighted by molar-refractivity contribution is 9.10. The number of nitrogens with one attached hydrogen (secondary N) is 1. The number of anilines is 1. The molecule has 0 bridgehead atoms. The summed E-state index contributed by atoms with van der Waals surface area (Å²) in [5, 5.41) is 3.58. The van der Waals surface area contributed by atoms with Gasteiger partial charge in [-0.25, -0.2) is 9.97 Å². The summed E-state index contributed by atoms with van der Waals surface area (Å²) in [6.45, 7) is 5.53. The first-order chi connectivity index (χ1) is 9.44. The van der Waals surface area contributed by atoms with E-state index in [1.54, 1.807) is 0 Å². The van der Waals surface area contributed by atoms with Crippen LogP contribution in [-0.2, 0) is 0 Å². The van der Waals surface area contributed by atoms with Crippen LogP contribution in [0.1, 0.15) is 44.9 Å². The number of likely N-dealkylation sites (N-methyl/N-ethyl adjacent to an activating group) is 1. The molecule has 0 aliphatic heterocycles. The highest BCUT2D eigenvalue weighted by Gasteiger charge is 2.27. The van der Waals surface area contributed by atoms with Crippen LogP contribution in [0, 0.1) is 5.92 Å². The van der Waals surface area contributed by atoms with Crippen molar-refractivity contribution in [1.29, 1.82) is 0 Å². The monoisotopic (exact) mass is 340 g/mol. The molecule has 0 radical (unpaired) electrons. The molecule has 1 unspecified atom stereocenters. The summed E-state index contributed by atoms with van der Waals surface area (Å²) in [4.78, 5) is 11.4. The summed E-state index contributed by atoms with van der Waals surface area (Å²) in [7, 11) is 4.22. The molecular weight excluding hydrogens is 316 g/mol. The molecule has 1 aliphatic rings. The third kappa shape index (κ3) is 5.02. The van der Waals surface area contributed by atoms with Gasteiger partial charge in [0.2, 0.25) is 0 Å². The molecule has 0 saturated heterocycles. The van der Waals surface area contributed by atoms with Crippen molar-refractivity contribution in [2.75, 3.05) is 26.0 Å². The topological polar surface area (TPSA) is 41.0 Å². The van der Waals surface area contributed by atoms with Crippen LogP contribution in [0.4, 0.5) is 5.82 Å². The van der Waals surface area contributed by atoms with Gasteiger partial charge in [-0.1, -0.05) is 13.8 Å². The third-order valence-electron chi connectivity index (χ3n) is 3.35. The zero-order chi connectivity index (χ0) is 14.7. The van der Waals surface area contributed by atoms with Crippen molar-refractivity contribution in [2.24, 2.45) is 5.92 Å². The molecule has 20 heavy (non-hydrogen) atoms. The highest BCUT2D eigenvalue weighted by atomic mass is 79.9. The summed E-state index contributed by atoms with van der Waals surface area (Å²) in [6, 6.07) is 2.40. The largest absolute Gasteiger partial charge is 0.366 e. The predicted molar refractivity (Wildman–Crippen MR) is 87.1 cm³/mol. The van der Waals surface area contributed by atoms with Crippen molar-refractivity contribution in [3.63, 3.8) is 0 Å². The molecule has 4 nitrogen and oxygen atoms in total. The molecule has 0 aromatic carbocycles. The lowest BCUT2D eigenvalue weighted by Gasteiger charge is -2.24. The minimum absolute atomic E-state index is 0.416. The van der Waals surface area contributed by atoms with Gasteiger partial charge in [0.1, 0.15) is 16.2 Å². The Labute approximate surface area is 130 Å². The van der Waals surface area contributed by atoms with E-state index in [1.165, 1.54) is 12.8 Å². The Morgan fingerprint density at radius 1 is 1.35 bits per heavy atom. The molecule has 2 rings (SSSR count). The Balaban J connectivity index is 2.08. The average molecular weight is 341 g/mol. The number of rotatable bonds is 7. The Hall–Kier alpha value is -0.680. The molecule has 1 aromatic heterocycles. The standard InChI is InChI=1S/C15H25BrN4/c1-10(2)7-12(9-20(3)4)17-14-8-13(16)18-15(19-14)11-5-6-11/h8,10-12H,5-7,9H2,1-4H3,(H,17,18,19). The molecule has 1 aromatic rings. The van der Waals surface area contributed by atoms with Gasteiger partial charge in [-0.05, 0) is 55.2 Å². The Bertz CT molecular complexity index is 433. The van der Waals surface area contributed by atoms with Gasteiger partial charge in [-0.3, -0.25) is 0 Å². The van der Waals surface area contributed by atoms with Crippen LogP contribution in [0.25, 0.3) is 0 Å². The van der Waals surface area contributed by atoms with E-state index in [-0.39, 0.29) is 0 Å². The number of hydrogen-bond acceptors (Lipinski definition) is 4. The molecule has 5 heteroatoms. The molecular formula is C15H25BrN4. The van der Waals surface area contributed by atoms with E-state index in [1.807, 2.05) is 6.07 Å². The first kappa shape index (κ1) is 15.7. The normalized spacial score (nSPS) is 16.8. The van der Waals surface area contributed by atoms with Crippen molar-refractivity contribution in [2.45, 2.75) is 45.1 Å². The van der Waals surface area contributed by atoms with E-state index in [9.17, 15) is 0 Å². The van der Waals surface area contributed by atoms with Crippen molar-refractivity contribution in [3.8, 4) is 0 Å². The molecule has 1 aliphatic carbocycles. The number of halogens is 1. The van der Waals surface area contributed by atoms with Crippen LogP contribution < -0.4 is 5.32 Å². The second-order valence-electron chi connectivity index (χ2n) is 6.44. The molecule has 1 heterocycles. The summed E-state index contributed by atoms with van der Waals surface area (Å²) in [5.74, 6) is 3.17. The zero-order valence-corrected chi connectivity index (χ0v) is 14.4. The predicted octanol–water partition coefficient (Wildman–Crippen LogP) is 3.50. The van der Waals surface area contributed by atoms with Crippen LogP contribution in [0.2, 0.25) is 0 Å². The van der Waals surface area contributed by atoms with Crippen molar-refractivity contribution < 1.29 is 0 Å². The Kier molecular flexibility index (Phi) is 5.38. The van der Waals surface area contributed by atoms with Crippen LogP contribution in [-0.4, -0.2) is 41.5 Å². The lowest BCUT2D eigenvalue weighted by atomic mass is 10.0. The molecule has 112 valence electrons. The third-order valence-corrected chi connectivity index (χ3v) is 3.75. The van der Waals surface area contributed by atoms with E-state index in [2.05, 4.69) is 64.1 Å². The van der Waals surface area contributed by atoms with Gasteiger partial charge < -0.3 is 10.2 Å². The minimum Gasteiger partial charge on any atom is -0.366 e. The summed E-state index contributed by atoms with van der Waals surface area (Å²) >= 11 is 3.50. The maximum Gasteiger partial charge on any atom is 0.135 e. The fourth-order valence-electron chi connectivity index (χ4n) is 2.43. The maximum atomic E-state index is 4.68. The smallest absolute Gasteiger partial charge is 0.135 e. The van der Waals surface area contributed by atoms with Gasteiger partial charge in [0.15, 0.2) is 0 Å². The van der Waals surface area contributed by atoms with E-state index in [4.69, 9.17) is 0 Å². The molecule has 0 amide bonds. The molecule has 1 atom stereocenters. The van der Waals surface area contributed by atoms with Gasteiger partial charge in [0.25, 0.3) is 0 Å². The molecule has 1 fully saturated rings. The lowest BCUT2D eigenvalue weighted by Crippen LogP contribution is -2.33. The quantitative estimate of drug-likeness (QED) is 0.771. The summed E-state index contributed by atoms with van der Waals surface area (Å²) in [6.07, 6.45) is 3.59. The molecule has 1 N–H and O–H groups in total. The Morgan fingerprint density at radius 3 is 2.60 bits per heavy atom. The fourth-order valence-corrected chi connectivity index (χ4v) is 2.83. The number of aromatic nitrogens is 2. The van der Waals surface area contributed by atoms with Gasteiger partial charge in [-0.15, -0.1) is 0 Å². The van der Waals surface area contributed by atoms with Crippen molar-refractivity contribution in [3.05, 3.63) is 16.5 Å². The summed E-state index contributed by atoms with van der Waals surface area (Å²) in [5.41, 5.74) is 0. The van der Waals surface area contributed by atoms with Crippen LogP contribution in [0.5, 0.6) is 0 Å². The van der Waals surface area contributed by atoms with Crippen LogP contribution in [0.3, 0.4) is 0 Å². The van der Waals surface area contributed by atoms with E-state index in [0.717, 1.165) is 29.2 Å². The highest BCUT2D eigenvalue weighted by Crippen LogP contribution is 2.38.